The van der Waals surface area contributed by atoms with Crippen molar-refractivity contribution in [3.05, 3.63) is 71.8 Å². The van der Waals surface area contributed by atoms with Crippen molar-refractivity contribution < 1.29 is 9.53 Å². The van der Waals surface area contributed by atoms with Crippen molar-refractivity contribution in [1.82, 2.24) is 4.90 Å². The van der Waals surface area contributed by atoms with Gasteiger partial charge in [0.05, 0.1) is 12.6 Å². The van der Waals surface area contributed by atoms with Crippen LogP contribution in [0, 0.1) is 5.41 Å². The molecule has 0 spiro atoms. The normalized spacial score (nSPS) is 12.6. The lowest BCUT2D eigenvalue weighted by atomic mass is 9.91. The molecule has 0 saturated heterocycles. The van der Waals surface area contributed by atoms with E-state index in [1.165, 1.54) is 11.1 Å². The van der Waals surface area contributed by atoms with Crippen LogP contribution in [0.5, 0.6) is 0 Å². The molecule has 28 heavy (non-hydrogen) atoms. The summed E-state index contributed by atoms with van der Waals surface area (Å²) in [7, 11) is 0. The van der Waals surface area contributed by atoms with Crippen LogP contribution in [0.25, 0.3) is 0 Å². The molecular weight excluding hydrogens is 346 g/mol. The topological polar surface area (TPSA) is 29.5 Å². The molecule has 0 aliphatic heterocycles. The minimum absolute atomic E-state index is 0.0618. The molecule has 2 aromatic carbocycles. The molecule has 3 heteroatoms. The first-order valence-corrected chi connectivity index (χ1v) is 10.1. The van der Waals surface area contributed by atoms with Crippen molar-refractivity contribution in [1.29, 1.82) is 0 Å². The predicted molar refractivity (Wildman–Crippen MR) is 116 cm³/mol. The molecular formula is C25H35NO2. The van der Waals surface area contributed by atoms with E-state index in [1.54, 1.807) is 0 Å². The molecule has 0 fully saturated rings. The number of rotatable bonds is 8. The highest BCUT2D eigenvalue weighted by Gasteiger charge is 2.31. The summed E-state index contributed by atoms with van der Waals surface area (Å²) in [6.07, 6.45) is 0. The number of hydrogen-bond acceptors (Lipinski definition) is 3. The average Bonchev–Trinajstić information content (AvgIpc) is 2.64. The van der Waals surface area contributed by atoms with Crippen LogP contribution in [-0.4, -0.2) is 36.0 Å². The van der Waals surface area contributed by atoms with E-state index in [1.807, 2.05) is 32.9 Å². The van der Waals surface area contributed by atoms with Crippen molar-refractivity contribution in [2.75, 3.05) is 19.8 Å². The molecule has 0 amide bonds. The van der Waals surface area contributed by atoms with E-state index in [2.05, 4.69) is 74.2 Å². The summed E-state index contributed by atoms with van der Waals surface area (Å²) >= 11 is 0. The van der Waals surface area contributed by atoms with Crippen molar-refractivity contribution in [3.63, 3.8) is 0 Å². The van der Waals surface area contributed by atoms with E-state index >= 15 is 0 Å². The summed E-state index contributed by atoms with van der Waals surface area (Å²) < 4.78 is 5.78. The van der Waals surface area contributed by atoms with Gasteiger partial charge >= 0.3 is 0 Å². The largest absolute Gasteiger partial charge is 0.372 e. The Bertz CT molecular complexity index is 687. The van der Waals surface area contributed by atoms with Gasteiger partial charge in [-0.2, -0.15) is 0 Å². The number of ketones is 1. The number of benzene rings is 2. The van der Waals surface area contributed by atoms with E-state index in [0.717, 1.165) is 6.54 Å². The molecule has 0 atom stereocenters. The smallest absolute Gasteiger partial charge is 0.163 e. The Labute approximate surface area is 170 Å². The average molecular weight is 382 g/mol. The van der Waals surface area contributed by atoms with Gasteiger partial charge in [-0.05, 0) is 31.9 Å². The third kappa shape index (κ3) is 6.29. The van der Waals surface area contributed by atoms with Gasteiger partial charge in [-0.3, -0.25) is 9.69 Å². The molecule has 2 rings (SSSR count). The maximum atomic E-state index is 12.1. The molecule has 152 valence electrons. The lowest BCUT2D eigenvalue weighted by Gasteiger charge is -2.42. The summed E-state index contributed by atoms with van der Waals surface area (Å²) in [5.41, 5.74) is 2.09. The zero-order chi connectivity index (χ0) is 20.8. The van der Waals surface area contributed by atoms with E-state index in [0.29, 0.717) is 6.61 Å². The molecule has 0 aromatic heterocycles. The third-order valence-corrected chi connectivity index (χ3v) is 4.95. The number of Topliss-reactive ketones (excluding diaryl/α,β-unsaturated/α-hetero) is 1. The Balaban J connectivity index is 2.22. The van der Waals surface area contributed by atoms with Gasteiger partial charge in [-0.15, -0.1) is 0 Å². The Morgan fingerprint density at radius 2 is 1.32 bits per heavy atom. The molecule has 3 nitrogen and oxygen atoms in total. The Hall–Kier alpha value is -1.97. The molecule has 0 bridgehead atoms. The molecule has 0 saturated carbocycles. The molecule has 0 aliphatic carbocycles. The highest BCUT2D eigenvalue weighted by atomic mass is 16.5. The molecule has 0 aliphatic rings. The Morgan fingerprint density at radius 3 is 1.71 bits per heavy atom. The lowest BCUT2D eigenvalue weighted by Crippen LogP contribution is -2.46. The summed E-state index contributed by atoms with van der Waals surface area (Å²) in [6, 6.07) is 21.3. The van der Waals surface area contributed by atoms with Crippen LogP contribution in [0.1, 0.15) is 58.7 Å². The van der Waals surface area contributed by atoms with Gasteiger partial charge in [-0.1, -0.05) is 81.4 Å². The number of nitrogens with zero attached hydrogens (tertiary/aromatic N) is 1. The fourth-order valence-corrected chi connectivity index (χ4v) is 3.22. The van der Waals surface area contributed by atoms with Gasteiger partial charge in [0, 0.05) is 17.5 Å². The van der Waals surface area contributed by atoms with E-state index in [9.17, 15) is 4.79 Å². The van der Waals surface area contributed by atoms with Crippen LogP contribution in [0.2, 0.25) is 0 Å². The van der Waals surface area contributed by atoms with Gasteiger partial charge in [-0.25, -0.2) is 0 Å². The first kappa shape index (κ1) is 22.3. The minimum Gasteiger partial charge on any atom is -0.372 e. The second-order valence-electron chi connectivity index (χ2n) is 9.31. The number of hydrogen-bond donors (Lipinski definition) is 0. The maximum Gasteiger partial charge on any atom is 0.163 e. The zero-order valence-electron chi connectivity index (χ0n) is 18.2. The molecule has 0 N–H and O–H groups in total. The fourth-order valence-electron chi connectivity index (χ4n) is 3.22. The minimum atomic E-state index is -0.361. The quantitative estimate of drug-likeness (QED) is 0.565. The second-order valence-corrected chi connectivity index (χ2v) is 9.31. The van der Waals surface area contributed by atoms with E-state index in [-0.39, 0.29) is 29.4 Å². The highest BCUT2D eigenvalue weighted by molar-refractivity contribution is 5.84. The molecule has 0 unspecified atom stereocenters. The van der Waals surface area contributed by atoms with Gasteiger partial charge in [0.15, 0.2) is 5.78 Å². The van der Waals surface area contributed by atoms with Crippen molar-refractivity contribution >= 4 is 5.78 Å². The lowest BCUT2D eigenvalue weighted by molar-refractivity contribution is -0.131. The summed E-state index contributed by atoms with van der Waals surface area (Å²) in [5.74, 6) is 0.137. The molecule has 0 heterocycles. The van der Waals surface area contributed by atoms with E-state index in [4.69, 9.17) is 4.74 Å². The van der Waals surface area contributed by atoms with Gasteiger partial charge in [0.25, 0.3) is 0 Å². The second kappa shape index (κ2) is 9.49. The monoisotopic (exact) mass is 381 g/mol. The van der Waals surface area contributed by atoms with Crippen LogP contribution >= 0.6 is 0 Å². The summed E-state index contributed by atoms with van der Waals surface area (Å²) in [4.78, 5) is 14.6. The van der Waals surface area contributed by atoms with Gasteiger partial charge < -0.3 is 4.74 Å². The first-order valence-electron chi connectivity index (χ1n) is 10.1. The molecule has 0 radical (unpaired) electrons. The predicted octanol–water partition coefficient (Wildman–Crippen LogP) is 5.51. The summed E-state index contributed by atoms with van der Waals surface area (Å²) in [5, 5.41) is 0. The molecule has 2 aromatic rings. The highest BCUT2D eigenvalue weighted by Crippen LogP contribution is 2.33. The van der Waals surface area contributed by atoms with Crippen LogP contribution < -0.4 is 0 Å². The maximum absolute atomic E-state index is 12.1. The fraction of sp³-hybridized carbons (Fsp3) is 0.480. The van der Waals surface area contributed by atoms with Crippen molar-refractivity contribution in [3.8, 4) is 0 Å². The number of ether oxygens (including phenoxy) is 1. The van der Waals surface area contributed by atoms with Crippen LogP contribution in [-0.2, 0) is 9.53 Å². The van der Waals surface area contributed by atoms with Crippen molar-refractivity contribution in [2.45, 2.75) is 53.1 Å². The zero-order valence-corrected chi connectivity index (χ0v) is 18.2. The number of carbonyl (C=O) groups excluding carboxylic acids is 1. The Morgan fingerprint density at radius 1 is 0.857 bits per heavy atom. The van der Waals surface area contributed by atoms with Crippen LogP contribution in [0.3, 0.4) is 0 Å². The third-order valence-electron chi connectivity index (χ3n) is 4.95. The van der Waals surface area contributed by atoms with Crippen LogP contribution in [0.15, 0.2) is 60.7 Å². The van der Waals surface area contributed by atoms with Crippen molar-refractivity contribution in [2.24, 2.45) is 5.41 Å². The first-order chi connectivity index (χ1) is 13.1. The summed E-state index contributed by atoms with van der Waals surface area (Å²) in [6.45, 7) is 13.9. The van der Waals surface area contributed by atoms with Crippen LogP contribution in [0.4, 0.5) is 0 Å². The van der Waals surface area contributed by atoms with E-state index < -0.39 is 0 Å². The SMILES string of the molecule is CC(C)(C)C(=O)COCCN(C(c1ccccc1)c1ccccc1)C(C)(C)C. The Kier molecular flexibility index (Phi) is 7.56. The standard InChI is InChI=1S/C25H35NO2/c1-24(2,3)22(27)19-28-18-17-26(25(4,5)6)23(20-13-9-7-10-14-20)21-15-11-8-12-16-21/h7-16,23H,17-19H2,1-6H3. The number of carbonyl (C=O) groups is 1. The van der Waals surface area contributed by atoms with Gasteiger partial charge in [0.1, 0.15) is 6.61 Å². The van der Waals surface area contributed by atoms with Gasteiger partial charge in [0.2, 0.25) is 0 Å².